The molecule has 1 atom stereocenters. The zero-order chi connectivity index (χ0) is 29.1. The van der Waals surface area contributed by atoms with Crippen molar-refractivity contribution in [1.29, 1.82) is 5.26 Å². The van der Waals surface area contributed by atoms with Crippen LogP contribution in [0.5, 0.6) is 11.5 Å². The number of ether oxygens (including phenoxy) is 2. The molecule has 0 unspecified atom stereocenters. The van der Waals surface area contributed by atoms with Crippen LogP contribution in [0.15, 0.2) is 66.5 Å². The van der Waals surface area contributed by atoms with Gasteiger partial charge in [-0.2, -0.15) is 10.4 Å². The average Bonchev–Trinajstić information content (AvgIpc) is 3.62. The number of likely N-dealkylation sites (tertiary alicyclic amines) is 1. The fraction of sp³-hybridized carbons (Fsp3) is 0.323. The Morgan fingerprint density at radius 1 is 1.14 bits per heavy atom. The van der Waals surface area contributed by atoms with Crippen molar-refractivity contribution in [3.05, 3.63) is 72.3 Å². The molecule has 4 aromatic rings. The first-order valence-electron chi connectivity index (χ1n) is 14.0. The molecule has 0 bridgehead atoms. The summed E-state index contributed by atoms with van der Waals surface area (Å²) in [7, 11) is 0. The van der Waals surface area contributed by atoms with Crippen LogP contribution in [0, 0.1) is 23.1 Å². The van der Waals surface area contributed by atoms with Crippen LogP contribution in [0.25, 0.3) is 22.3 Å². The first kappa shape index (κ1) is 27.4. The molecule has 6 rings (SSSR count). The molecular weight excluding hydrogens is 537 g/mol. The fourth-order valence-electron chi connectivity index (χ4n) is 5.64. The number of nitriles is 1. The number of rotatable bonds is 7. The lowest BCUT2D eigenvalue weighted by Gasteiger charge is -2.25. The number of hydrogen-bond acceptors (Lipinski definition) is 8. The van der Waals surface area contributed by atoms with Gasteiger partial charge in [0.05, 0.1) is 18.0 Å². The van der Waals surface area contributed by atoms with E-state index in [1.807, 2.05) is 18.2 Å². The van der Waals surface area contributed by atoms with Crippen LogP contribution in [0.3, 0.4) is 0 Å². The van der Waals surface area contributed by atoms with E-state index >= 15 is 4.39 Å². The monoisotopic (exact) mass is 567 g/mol. The average molecular weight is 568 g/mol. The number of aromatic nitrogens is 4. The van der Waals surface area contributed by atoms with E-state index in [9.17, 15) is 10.1 Å². The van der Waals surface area contributed by atoms with E-state index in [2.05, 4.69) is 16.0 Å². The van der Waals surface area contributed by atoms with E-state index in [-0.39, 0.29) is 34.8 Å². The Kier molecular flexibility index (Phi) is 7.79. The van der Waals surface area contributed by atoms with Crippen LogP contribution in [0.1, 0.15) is 25.7 Å². The number of benzene rings is 2. The zero-order valence-corrected chi connectivity index (χ0v) is 22.9. The molecule has 2 aromatic carbocycles. The van der Waals surface area contributed by atoms with Gasteiger partial charge in [-0.25, -0.2) is 19.0 Å². The Morgan fingerprint density at radius 3 is 2.71 bits per heavy atom. The minimum absolute atomic E-state index is 0.148. The number of allylic oxidation sites excluding steroid dienone is 1. The summed E-state index contributed by atoms with van der Waals surface area (Å²) < 4.78 is 28.3. The van der Waals surface area contributed by atoms with E-state index in [1.165, 1.54) is 12.4 Å². The van der Waals surface area contributed by atoms with E-state index in [0.717, 1.165) is 25.7 Å². The molecule has 0 aliphatic carbocycles. The highest BCUT2D eigenvalue weighted by Crippen LogP contribution is 2.35. The van der Waals surface area contributed by atoms with Gasteiger partial charge in [0.25, 0.3) is 5.91 Å². The summed E-state index contributed by atoms with van der Waals surface area (Å²) in [6.45, 7) is 2.11. The third-order valence-electron chi connectivity index (χ3n) is 7.77. The van der Waals surface area contributed by atoms with Gasteiger partial charge in [-0.05, 0) is 55.9 Å². The molecule has 11 heteroatoms. The van der Waals surface area contributed by atoms with Crippen LogP contribution in [0.2, 0.25) is 0 Å². The van der Waals surface area contributed by atoms with Crippen LogP contribution in [-0.2, 0) is 16.1 Å². The molecule has 0 radical (unpaired) electrons. The van der Waals surface area contributed by atoms with Crippen molar-refractivity contribution in [3.63, 3.8) is 0 Å². The second-order valence-corrected chi connectivity index (χ2v) is 10.5. The molecule has 1 amide bonds. The predicted octanol–water partition coefficient (Wildman–Crippen LogP) is 4.87. The van der Waals surface area contributed by atoms with Crippen LogP contribution in [-0.4, -0.2) is 56.4 Å². The van der Waals surface area contributed by atoms with Gasteiger partial charge < -0.3 is 20.1 Å². The summed E-state index contributed by atoms with van der Waals surface area (Å²) in [6, 6.07) is 15.6. The van der Waals surface area contributed by atoms with Crippen LogP contribution >= 0.6 is 0 Å². The summed E-state index contributed by atoms with van der Waals surface area (Å²) >= 11 is 0. The maximum atomic E-state index is 15.5. The van der Waals surface area contributed by atoms with Crippen molar-refractivity contribution in [2.75, 3.05) is 25.5 Å². The van der Waals surface area contributed by atoms with Crippen LogP contribution < -0.4 is 10.5 Å². The highest BCUT2D eigenvalue weighted by atomic mass is 19.1. The maximum Gasteiger partial charge on any atom is 0.264 e. The minimum atomic E-state index is -0.534. The standard InChI is InChI=1S/C31H30FN7O3/c32-26-16-24(42-23-6-2-1-3-7-23)8-9-25(26)28-27-29(34)35-19-36-30(27)39(37-28)18-22-5-4-12-38(22)31(40)21(17-33)15-20-10-13-41-14-11-20/h1-3,6-9,15-16,19-20,22H,4-5,10-14,18H2,(H2,34,35,36)/b21-15+/t22-/m1/s1. The molecule has 2 saturated heterocycles. The van der Waals surface area contributed by atoms with Gasteiger partial charge >= 0.3 is 0 Å². The first-order valence-corrected chi connectivity index (χ1v) is 14.0. The Labute approximate surface area is 242 Å². The molecule has 2 N–H and O–H groups in total. The maximum absolute atomic E-state index is 15.5. The summed E-state index contributed by atoms with van der Waals surface area (Å²) in [6.07, 6.45) is 6.26. The molecule has 10 nitrogen and oxygen atoms in total. The third kappa shape index (κ3) is 5.53. The van der Waals surface area contributed by atoms with E-state index in [1.54, 1.807) is 39.9 Å². The molecule has 2 aliphatic heterocycles. The lowest BCUT2D eigenvalue weighted by Crippen LogP contribution is -2.39. The van der Waals surface area contributed by atoms with Gasteiger partial charge in [-0.3, -0.25) is 4.79 Å². The van der Waals surface area contributed by atoms with E-state index in [4.69, 9.17) is 20.3 Å². The van der Waals surface area contributed by atoms with Gasteiger partial charge in [-0.1, -0.05) is 24.3 Å². The quantitative estimate of drug-likeness (QED) is 0.247. The number of nitrogen functional groups attached to an aromatic ring is 1. The second-order valence-electron chi connectivity index (χ2n) is 10.5. The van der Waals surface area contributed by atoms with E-state index in [0.29, 0.717) is 54.5 Å². The predicted molar refractivity (Wildman–Crippen MR) is 154 cm³/mol. The molecule has 42 heavy (non-hydrogen) atoms. The van der Waals surface area contributed by atoms with Crippen molar-refractivity contribution in [3.8, 4) is 28.8 Å². The number of fused-ring (bicyclic) bond motifs is 1. The summed E-state index contributed by atoms with van der Waals surface area (Å²) in [5.41, 5.74) is 7.39. The number of carbonyl (C=O) groups is 1. The molecule has 0 spiro atoms. The highest BCUT2D eigenvalue weighted by Gasteiger charge is 2.33. The second kappa shape index (κ2) is 12.0. The molecule has 4 heterocycles. The Morgan fingerprint density at radius 2 is 1.95 bits per heavy atom. The number of hydrogen-bond donors (Lipinski definition) is 1. The number of nitrogens with zero attached hydrogens (tertiary/aromatic N) is 6. The van der Waals surface area contributed by atoms with Crippen molar-refractivity contribution < 1.29 is 18.7 Å². The van der Waals surface area contributed by atoms with Gasteiger partial charge in [0, 0.05) is 31.4 Å². The van der Waals surface area contributed by atoms with Gasteiger partial charge in [0.15, 0.2) is 5.65 Å². The van der Waals surface area contributed by atoms with Gasteiger partial charge in [0.1, 0.15) is 46.8 Å². The topological polar surface area (TPSA) is 132 Å². The SMILES string of the molecule is N#C/C(=C\C1CCOCC1)C(=O)N1CCC[C@@H]1Cn1nc(-c2ccc(Oc3ccccc3)cc2F)c2c(N)ncnc21. The van der Waals surface area contributed by atoms with Crippen molar-refractivity contribution in [1.82, 2.24) is 24.6 Å². The van der Waals surface area contributed by atoms with Crippen molar-refractivity contribution in [2.45, 2.75) is 38.3 Å². The number of amides is 1. The number of para-hydroxylation sites is 1. The molecule has 2 aromatic heterocycles. The highest BCUT2D eigenvalue weighted by molar-refractivity contribution is 5.99. The van der Waals surface area contributed by atoms with Gasteiger partial charge in [-0.15, -0.1) is 0 Å². The summed E-state index contributed by atoms with van der Waals surface area (Å²) in [4.78, 5) is 23.7. The Balaban J connectivity index is 1.28. The summed E-state index contributed by atoms with van der Waals surface area (Å²) in [5.74, 6) is 0.448. The third-order valence-corrected chi connectivity index (χ3v) is 7.77. The normalized spacial score (nSPS) is 17.9. The fourth-order valence-corrected chi connectivity index (χ4v) is 5.64. The smallest absolute Gasteiger partial charge is 0.264 e. The number of anilines is 1. The number of carbonyl (C=O) groups excluding carboxylic acids is 1. The summed E-state index contributed by atoms with van der Waals surface area (Å²) in [5, 5.41) is 15.0. The number of halogens is 1. The van der Waals surface area contributed by atoms with Crippen molar-refractivity contribution >= 4 is 22.8 Å². The molecule has 2 fully saturated rings. The van der Waals surface area contributed by atoms with Gasteiger partial charge in [0.2, 0.25) is 0 Å². The van der Waals surface area contributed by atoms with Crippen molar-refractivity contribution in [2.24, 2.45) is 5.92 Å². The largest absolute Gasteiger partial charge is 0.457 e. The molecule has 214 valence electrons. The minimum Gasteiger partial charge on any atom is -0.457 e. The zero-order valence-electron chi connectivity index (χ0n) is 22.9. The molecule has 0 saturated carbocycles. The first-order chi connectivity index (χ1) is 20.5. The van der Waals surface area contributed by atoms with Crippen LogP contribution in [0.4, 0.5) is 10.2 Å². The number of nitrogens with two attached hydrogens (primary N) is 1. The van der Waals surface area contributed by atoms with E-state index < -0.39 is 5.82 Å². The Bertz CT molecular complexity index is 1680. The molecular formula is C31H30FN7O3. The lowest BCUT2D eigenvalue weighted by molar-refractivity contribution is -0.127. The molecule has 2 aliphatic rings. The lowest BCUT2D eigenvalue weighted by atomic mass is 9.97. The Hall–Kier alpha value is -4.82.